The van der Waals surface area contributed by atoms with E-state index in [0.29, 0.717) is 42.0 Å². The molecule has 0 aromatic carbocycles. The second kappa shape index (κ2) is 5.55. The Hall–Kier alpha value is -1.06. The maximum Gasteiger partial charge on any atom is 0.309 e. The highest BCUT2D eigenvalue weighted by atomic mass is 16.6. The van der Waals surface area contributed by atoms with Crippen molar-refractivity contribution in [2.24, 2.45) is 59.2 Å². The third kappa shape index (κ3) is 2.13. The molecule has 0 spiro atoms. The SMILES string of the molecule is O=COC1CC2CC1C1C3CC(C(=O)OC45CC6CC(CC(C6)C4)C5)C(C3)C21. The summed E-state index contributed by atoms with van der Waals surface area (Å²) in [5.41, 5.74) is -0.0926. The second-order valence-electron chi connectivity index (χ2n) is 11.8. The van der Waals surface area contributed by atoms with Crippen molar-refractivity contribution in [2.45, 2.75) is 75.9 Å². The Labute approximate surface area is 167 Å². The van der Waals surface area contributed by atoms with Gasteiger partial charge in [-0.25, -0.2) is 0 Å². The van der Waals surface area contributed by atoms with Crippen LogP contribution in [0.1, 0.15) is 64.2 Å². The normalized spacial score (nSPS) is 59.5. The highest BCUT2D eigenvalue weighted by molar-refractivity contribution is 5.74. The molecule has 152 valence electrons. The zero-order valence-corrected chi connectivity index (χ0v) is 16.6. The van der Waals surface area contributed by atoms with E-state index < -0.39 is 0 Å². The molecule has 0 aromatic rings. The zero-order chi connectivity index (χ0) is 18.6. The maximum absolute atomic E-state index is 13.4. The fourth-order valence-electron chi connectivity index (χ4n) is 10.5. The van der Waals surface area contributed by atoms with Gasteiger partial charge in [-0.1, -0.05) is 0 Å². The lowest BCUT2D eigenvalue weighted by atomic mass is 9.54. The van der Waals surface area contributed by atoms with Crippen molar-refractivity contribution in [1.29, 1.82) is 0 Å². The first kappa shape index (κ1) is 16.7. The van der Waals surface area contributed by atoms with Crippen molar-refractivity contribution in [3.05, 3.63) is 0 Å². The van der Waals surface area contributed by atoms with Gasteiger partial charge in [-0.05, 0) is 117 Å². The van der Waals surface area contributed by atoms with E-state index in [2.05, 4.69) is 0 Å². The standard InChI is InChI=1S/C24H32O4/c25-11-27-20-7-16-6-19(20)22-15-4-17(21(16)22)18(5-15)23(26)28-24-8-12-1-13(9-24)3-14(2-12)10-24/h11-22H,1-10H2. The van der Waals surface area contributed by atoms with E-state index in [9.17, 15) is 9.59 Å². The Morgan fingerprint density at radius 1 is 0.786 bits per heavy atom. The number of rotatable bonds is 4. The van der Waals surface area contributed by atoms with Crippen molar-refractivity contribution in [3.63, 3.8) is 0 Å². The first-order valence-electron chi connectivity index (χ1n) is 11.9. The largest absolute Gasteiger partial charge is 0.464 e. The van der Waals surface area contributed by atoms with Crippen molar-refractivity contribution in [2.75, 3.05) is 0 Å². The molecule has 8 aliphatic rings. The van der Waals surface area contributed by atoms with E-state index >= 15 is 0 Å². The van der Waals surface area contributed by atoms with Gasteiger partial charge in [-0.15, -0.1) is 0 Å². The smallest absolute Gasteiger partial charge is 0.309 e. The Morgan fingerprint density at radius 3 is 2.07 bits per heavy atom. The van der Waals surface area contributed by atoms with Crippen LogP contribution in [0, 0.1) is 59.2 Å². The van der Waals surface area contributed by atoms with Crippen molar-refractivity contribution < 1.29 is 19.1 Å². The van der Waals surface area contributed by atoms with Crippen molar-refractivity contribution >= 4 is 12.4 Å². The summed E-state index contributed by atoms with van der Waals surface area (Å²) in [5, 5.41) is 0. The van der Waals surface area contributed by atoms with Crippen LogP contribution >= 0.6 is 0 Å². The average molecular weight is 385 g/mol. The molecular weight excluding hydrogens is 352 g/mol. The minimum Gasteiger partial charge on any atom is -0.464 e. The quantitative estimate of drug-likeness (QED) is 0.418. The Kier molecular flexibility index (Phi) is 3.31. The monoisotopic (exact) mass is 384 g/mol. The minimum atomic E-state index is -0.0926. The highest BCUT2D eigenvalue weighted by Crippen LogP contribution is 2.69. The molecular formula is C24H32O4. The number of carbonyl (C=O) groups excluding carboxylic acids is 2. The lowest BCUT2D eigenvalue weighted by molar-refractivity contribution is -0.194. The molecule has 28 heavy (non-hydrogen) atoms. The van der Waals surface area contributed by atoms with Crippen LogP contribution in [0.2, 0.25) is 0 Å². The zero-order valence-electron chi connectivity index (χ0n) is 16.6. The lowest BCUT2D eigenvalue weighted by Gasteiger charge is -2.56. The topological polar surface area (TPSA) is 52.6 Å². The third-order valence-electron chi connectivity index (χ3n) is 10.6. The molecule has 0 heterocycles. The van der Waals surface area contributed by atoms with E-state index in [1.165, 1.54) is 32.1 Å². The molecule has 8 atom stereocenters. The summed E-state index contributed by atoms with van der Waals surface area (Å²) in [6, 6.07) is 0. The Bertz CT molecular complexity index is 680. The van der Waals surface area contributed by atoms with Crippen LogP contribution in [0.4, 0.5) is 0 Å². The average Bonchev–Trinajstić information content (AvgIpc) is 3.38. The summed E-state index contributed by atoms with van der Waals surface area (Å²) in [6.45, 7) is 0.652. The first-order valence-corrected chi connectivity index (χ1v) is 11.9. The van der Waals surface area contributed by atoms with Gasteiger partial charge in [0.1, 0.15) is 11.7 Å². The molecule has 8 aliphatic carbocycles. The highest BCUT2D eigenvalue weighted by Gasteiger charge is 2.67. The second-order valence-corrected chi connectivity index (χ2v) is 11.8. The van der Waals surface area contributed by atoms with Crippen LogP contribution in [-0.4, -0.2) is 24.1 Å². The maximum atomic E-state index is 13.4. The van der Waals surface area contributed by atoms with Crippen LogP contribution in [0.3, 0.4) is 0 Å². The molecule has 0 amide bonds. The van der Waals surface area contributed by atoms with E-state index in [-0.39, 0.29) is 23.6 Å². The van der Waals surface area contributed by atoms with Gasteiger partial charge in [-0.2, -0.15) is 0 Å². The molecule has 0 aliphatic heterocycles. The molecule has 8 bridgehead atoms. The summed E-state index contributed by atoms with van der Waals surface area (Å²) >= 11 is 0. The van der Waals surface area contributed by atoms with Gasteiger partial charge in [0.05, 0.1) is 5.92 Å². The molecule has 4 nitrogen and oxygen atoms in total. The number of hydrogen-bond donors (Lipinski definition) is 0. The first-order chi connectivity index (χ1) is 13.6. The number of hydrogen-bond acceptors (Lipinski definition) is 4. The summed E-state index contributed by atoms with van der Waals surface area (Å²) in [7, 11) is 0. The van der Waals surface area contributed by atoms with Crippen LogP contribution < -0.4 is 0 Å². The summed E-state index contributed by atoms with van der Waals surface area (Å²) in [4.78, 5) is 24.2. The number of esters is 1. The van der Waals surface area contributed by atoms with Crippen LogP contribution in [0.15, 0.2) is 0 Å². The Morgan fingerprint density at radius 2 is 1.39 bits per heavy atom. The summed E-state index contributed by atoms with van der Waals surface area (Å²) < 4.78 is 11.9. The number of ether oxygens (including phenoxy) is 2. The fourth-order valence-corrected chi connectivity index (χ4v) is 10.5. The van der Waals surface area contributed by atoms with Gasteiger partial charge in [-0.3, -0.25) is 9.59 Å². The summed E-state index contributed by atoms with van der Waals surface area (Å²) in [5.74, 6) is 6.64. The van der Waals surface area contributed by atoms with Gasteiger partial charge >= 0.3 is 5.97 Å². The molecule has 8 fully saturated rings. The fraction of sp³-hybridized carbons (Fsp3) is 0.917. The van der Waals surface area contributed by atoms with E-state index in [4.69, 9.17) is 9.47 Å². The number of fused-ring (bicyclic) bond motifs is 9. The van der Waals surface area contributed by atoms with Crippen LogP contribution in [0.5, 0.6) is 0 Å². The molecule has 8 unspecified atom stereocenters. The van der Waals surface area contributed by atoms with Gasteiger partial charge in [0.2, 0.25) is 0 Å². The predicted octanol–water partition coefficient (Wildman–Crippen LogP) is 3.97. The van der Waals surface area contributed by atoms with E-state index in [0.717, 1.165) is 49.9 Å². The third-order valence-corrected chi connectivity index (χ3v) is 10.6. The minimum absolute atomic E-state index is 0.0926. The molecule has 8 rings (SSSR count). The van der Waals surface area contributed by atoms with Gasteiger partial charge in [0, 0.05) is 0 Å². The molecule has 0 aromatic heterocycles. The lowest BCUT2D eigenvalue weighted by Crippen LogP contribution is -2.53. The summed E-state index contributed by atoms with van der Waals surface area (Å²) in [6.07, 6.45) is 12.3. The van der Waals surface area contributed by atoms with Crippen molar-refractivity contribution in [3.8, 4) is 0 Å². The van der Waals surface area contributed by atoms with E-state index in [1.54, 1.807) is 0 Å². The van der Waals surface area contributed by atoms with E-state index in [1.807, 2.05) is 0 Å². The van der Waals surface area contributed by atoms with Crippen LogP contribution in [-0.2, 0) is 19.1 Å². The Balaban J connectivity index is 1.08. The molecule has 0 radical (unpaired) electrons. The van der Waals surface area contributed by atoms with Gasteiger partial charge < -0.3 is 9.47 Å². The van der Waals surface area contributed by atoms with Crippen LogP contribution in [0.25, 0.3) is 0 Å². The molecule has 0 saturated heterocycles. The predicted molar refractivity (Wildman–Crippen MR) is 101 cm³/mol. The van der Waals surface area contributed by atoms with Gasteiger partial charge in [0.25, 0.3) is 6.47 Å². The molecule has 8 saturated carbocycles. The molecule has 4 heteroatoms. The van der Waals surface area contributed by atoms with Gasteiger partial charge in [0.15, 0.2) is 0 Å². The van der Waals surface area contributed by atoms with Crippen molar-refractivity contribution in [1.82, 2.24) is 0 Å². The molecule has 0 N–H and O–H groups in total. The number of carbonyl (C=O) groups is 2.